The third kappa shape index (κ3) is 7.22. The van der Waals surface area contributed by atoms with Crippen molar-refractivity contribution in [2.45, 2.75) is 37.9 Å². The van der Waals surface area contributed by atoms with Crippen LogP contribution in [0, 0.1) is 0 Å². The molecule has 0 aromatic heterocycles. The quantitative estimate of drug-likeness (QED) is 0.265. The maximum Gasteiger partial charge on any atom is 0.328 e. The number of rotatable bonds is 9. The fourth-order valence-electron chi connectivity index (χ4n) is 1.28. The predicted molar refractivity (Wildman–Crippen MR) is 69.1 cm³/mol. The molecule has 0 aromatic rings. The van der Waals surface area contributed by atoms with Gasteiger partial charge in [0.1, 0.15) is 12.1 Å². The van der Waals surface area contributed by atoms with E-state index >= 15 is 0 Å². The number of hydrogen-bond donors (Lipinski definition) is 6. The Hall–Kier alpha value is -2.20. The molecule has 0 saturated heterocycles. The van der Waals surface area contributed by atoms with Crippen molar-refractivity contribution in [2.75, 3.05) is 6.61 Å². The van der Waals surface area contributed by atoms with Crippen LogP contribution in [0.1, 0.15) is 19.8 Å². The molecule has 0 aliphatic heterocycles. The van der Waals surface area contributed by atoms with Crippen LogP contribution in [0.15, 0.2) is 0 Å². The second-order valence-corrected chi connectivity index (χ2v) is 4.35. The summed E-state index contributed by atoms with van der Waals surface area (Å²) in [6.45, 7) is 0.507. The van der Waals surface area contributed by atoms with E-state index in [1.807, 2.05) is 5.32 Å². The average Bonchev–Trinajstić information content (AvgIpc) is 2.40. The van der Waals surface area contributed by atoms with Gasteiger partial charge in [-0.3, -0.25) is 14.4 Å². The number of carbonyl (C=O) groups is 4. The smallest absolute Gasteiger partial charge is 0.328 e. The predicted octanol–water partition coefficient (Wildman–Crippen LogP) is -2.76. The fraction of sp³-hybridized carbons (Fsp3) is 0.636. The molecule has 0 rings (SSSR count). The van der Waals surface area contributed by atoms with Crippen LogP contribution in [0.25, 0.3) is 0 Å². The Balaban J connectivity index is 4.36. The van der Waals surface area contributed by atoms with E-state index in [4.69, 9.17) is 21.1 Å². The lowest BCUT2D eigenvalue weighted by molar-refractivity contribution is -0.143. The number of carbonyl (C=O) groups excluding carboxylic acids is 2. The van der Waals surface area contributed by atoms with Gasteiger partial charge < -0.3 is 31.7 Å². The highest BCUT2D eigenvalue weighted by Gasteiger charge is 2.24. The molecule has 7 N–H and O–H groups in total. The first kappa shape index (κ1) is 18.8. The van der Waals surface area contributed by atoms with Crippen LogP contribution in [0.2, 0.25) is 0 Å². The van der Waals surface area contributed by atoms with E-state index in [1.54, 1.807) is 0 Å². The van der Waals surface area contributed by atoms with Crippen molar-refractivity contribution in [1.82, 2.24) is 10.6 Å². The van der Waals surface area contributed by atoms with E-state index in [0.717, 1.165) is 0 Å². The maximum atomic E-state index is 11.6. The summed E-state index contributed by atoms with van der Waals surface area (Å²) < 4.78 is 0. The molecule has 3 atom stereocenters. The minimum atomic E-state index is -1.47. The molecule has 10 heteroatoms. The van der Waals surface area contributed by atoms with Crippen molar-refractivity contribution >= 4 is 23.8 Å². The largest absolute Gasteiger partial charge is 0.481 e. The Bertz CT molecular complexity index is 413. The van der Waals surface area contributed by atoms with Gasteiger partial charge in [-0.15, -0.1) is 0 Å². The van der Waals surface area contributed by atoms with Gasteiger partial charge in [0.15, 0.2) is 0 Å². The van der Waals surface area contributed by atoms with E-state index in [9.17, 15) is 19.2 Å². The molecule has 2 amide bonds. The zero-order valence-electron chi connectivity index (χ0n) is 11.4. The van der Waals surface area contributed by atoms with E-state index in [2.05, 4.69) is 5.32 Å². The normalized spacial score (nSPS) is 14.6. The van der Waals surface area contributed by atoms with E-state index in [0.29, 0.717) is 0 Å². The van der Waals surface area contributed by atoms with Gasteiger partial charge in [0.25, 0.3) is 0 Å². The topological polar surface area (TPSA) is 179 Å². The first-order valence-corrected chi connectivity index (χ1v) is 6.10. The molecule has 0 radical (unpaired) electrons. The molecule has 21 heavy (non-hydrogen) atoms. The first-order chi connectivity index (χ1) is 9.68. The van der Waals surface area contributed by atoms with Gasteiger partial charge in [0, 0.05) is 6.42 Å². The molecule has 0 spiro atoms. The van der Waals surface area contributed by atoms with Crippen LogP contribution in [-0.2, 0) is 19.2 Å². The molecule has 0 unspecified atom stereocenters. The zero-order chi connectivity index (χ0) is 16.6. The minimum absolute atomic E-state index is 0.0934. The van der Waals surface area contributed by atoms with Crippen LogP contribution in [0.5, 0.6) is 0 Å². The van der Waals surface area contributed by atoms with Crippen LogP contribution in [-0.4, -0.2) is 63.8 Å². The Labute approximate surface area is 120 Å². The molecule has 120 valence electrons. The van der Waals surface area contributed by atoms with Gasteiger partial charge in [0.05, 0.1) is 12.6 Å². The van der Waals surface area contributed by atoms with Gasteiger partial charge in [-0.05, 0) is 13.3 Å². The van der Waals surface area contributed by atoms with Crippen molar-refractivity contribution in [2.24, 2.45) is 5.73 Å². The number of aliphatic hydroxyl groups excluding tert-OH is 1. The lowest BCUT2D eigenvalue weighted by Gasteiger charge is -2.19. The van der Waals surface area contributed by atoms with Crippen molar-refractivity contribution in [3.63, 3.8) is 0 Å². The number of amides is 2. The van der Waals surface area contributed by atoms with Crippen molar-refractivity contribution in [3.8, 4) is 0 Å². The van der Waals surface area contributed by atoms with Crippen molar-refractivity contribution in [1.29, 1.82) is 0 Å². The number of nitrogens with two attached hydrogens (primary N) is 1. The van der Waals surface area contributed by atoms with Gasteiger partial charge in [-0.1, -0.05) is 0 Å². The average molecular weight is 305 g/mol. The molecule has 0 heterocycles. The molecule has 10 nitrogen and oxygen atoms in total. The SMILES string of the molecule is C[C@H](NC(=O)[C@@H](N)CCC(=O)O)C(=O)N[C@@H](CO)C(=O)O. The van der Waals surface area contributed by atoms with Crippen LogP contribution < -0.4 is 16.4 Å². The summed E-state index contributed by atoms with van der Waals surface area (Å²) in [5.74, 6) is -4.05. The summed E-state index contributed by atoms with van der Waals surface area (Å²) in [5, 5.41) is 30.1. The fourth-order valence-corrected chi connectivity index (χ4v) is 1.28. The highest BCUT2D eigenvalue weighted by Crippen LogP contribution is 1.96. The summed E-state index contributed by atoms with van der Waals surface area (Å²) in [6, 6.07) is -3.65. The summed E-state index contributed by atoms with van der Waals surface area (Å²) in [4.78, 5) is 44.2. The van der Waals surface area contributed by atoms with E-state index < -0.39 is 48.5 Å². The number of nitrogens with one attached hydrogen (secondary N) is 2. The Morgan fingerprint density at radius 2 is 1.67 bits per heavy atom. The molecule has 0 aliphatic rings. The molecular weight excluding hydrogens is 286 g/mol. The standard InChI is InChI=1S/C11H19N3O7/c1-5(9(18)14-7(4-15)11(20)21)13-10(19)6(12)2-3-8(16)17/h5-7,15H,2-4,12H2,1H3,(H,13,19)(H,14,18)(H,16,17)(H,20,21)/t5-,6-,7-/m0/s1. The van der Waals surface area contributed by atoms with Gasteiger partial charge in [-0.2, -0.15) is 0 Å². The second-order valence-electron chi connectivity index (χ2n) is 4.35. The van der Waals surface area contributed by atoms with Crippen LogP contribution in [0.3, 0.4) is 0 Å². The lowest BCUT2D eigenvalue weighted by atomic mass is 10.1. The van der Waals surface area contributed by atoms with E-state index in [-0.39, 0.29) is 12.8 Å². The monoisotopic (exact) mass is 305 g/mol. The molecule has 0 fully saturated rings. The molecule has 0 aromatic carbocycles. The van der Waals surface area contributed by atoms with Gasteiger partial charge >= 0.3 is 11.9 Å². The minimum Gasteiger partial charge on any atom is -0.481 e. The van der Waals surface area contributed by atoms with Gasteiger partial charge in [0.2, 0.25) is 11.8 Å². The number of aliphatic hydroxyl groups is 1. The molecule has 0 aliphatic carbocycles. The lowest BCUT2D eigenvalue weighted by Crippen LogP contribution is -2.54. The number of carboxylic acids is 2. The second kappa shape index (κ2) is 8.87. The molecular formula is C11H19N3O7. The molecule has 0 saturated carbocycles. The zero-order valence-corrected chi connectivity index (χ0v) is 11.4. The highest BCUT2D eigenvalue weighted by molar-refractivity contribution is 5.91. The Morgan fingerprint density at radius 3 is 2.10 bits per heavy atom. The summed E-state index contributed by atoms with van der Waals surface area (Å²) in [6.07, 6.45) is -0.384. The number of hydrogen-bond acceptors (Lipinski definition) is 6. The highest BCUT2D eigenvalue weighted by atomic mass is 16.4. The van der Waals surface area contributed by atoms with Crippen LogP contribution >= 0.6 is 0 Å². The third-order valence-corrected chi connectivity index (χ3v) is 2.56. The number of carboxylic acid groups (broad SMARTS) is 2. The van der Waals surface area contributed by atoms with E-state index in [1.165, 1.54) is 6.92 Å². The maximum absolute atomic E-state index is 11.6. The van der Waals surface area contributed by atoms with Crippen LogP contribution in [0.4, 0.5) is 0 Å². The van der Waals surface area contributed by atoms with Crippen molar-refractivity contribution < 1.29 is 34.5 Å². The number of aliphatic carboxylic acids is 2. The van der Waals surface area contributed by atoms with Gasteiger partial charge in [-0.25, -0.2) is 4.79 Å². The van der Waals surface area contributed by atoms with Crippen molar-refractivity contribution in [3.05, 3.63) is 0 Å². The summed E-state index contributed by atoms with van der Waals surface area (Å²) >= 11 is 0. The summed E-state index contributed by atoms with van der Waals surface area (Å²) in [7, 11) is 0. The Kier molecular flexibility index (Phi) is 7.94. The molecule has 0 bridgehead atoms. The third-order valence-electron chi connectivity index (χ3n) is 2.56. The Morgan fingerprint density at radius 1 is 1.10 bits per heavy atom. The first-order valence-electron chi connectivity index (χ1n) is 6.10. The summed E-state index contributed by atoms with van der Waals surface area (Å²) in [5.41, 5.74) is 5.45.